The first-order valence-corrected chi connectivity index (χ1v) is 7.23. The van der Waals surface area contributed by atoms with Gasteiger partial charge in [0.25, 0.3) is 0 Å². The standard InChI is InChI=1S/C14H18BrN3O2/c1-3-11(14-16-4-5-17-14)18-8-9-6-10(15)13(19)12(7-9)20-2/h4-7,11,18-19H,3,8H2,1-2H3,(H,16,17). The molecule has 1 aromatic carbocycles. The molecule has 1 aromatic heterocycles. The summed E-state index contributed by atoms with van der Waals surface area (Å²) in [5, 5.41) is 13.2. The third kappa shape index (κ3) is 3.32. The van der Waals surface area contributed by atoms with Crippen molar-refractivity contribution in [1.82, 2.24) is 15.3 Å². The number of aromatic amines is 1. The summed E-state index contributed by atoms with van der Waals surface area (Å²) in [6.45, 7) is 2.77. The van der Waals surface area contributed by atoms with Crippen LogP contribution >= 0.6 is 15.9 Å². The Morgan fingerprint density at radius 2 is 2.30 bits per heavy atom. The van der Waals surface area contributed by atoms with Gasteiger partial charge in [-0.2, -0.15) is 0 Å². The lowest BCUT2D eigenvalue weighted by Gasteiger charge is -2.15. The molecule has 0 aliphatic carbocycles. The summed E-state index contributed by atoms with van der Waals surface area (Å²) in [6.07, 6.45) is 4.50. The Kier molecular flexibility index (Phi) is 5.03. The number of hydrogen-bond acceptors (Lipinski definition) is 4. The predicted octanol–water partition coefficient (Wildman–Crippen LogP) is 3.13. The summed E-state index contributed by atoms with van der Waals surface area (Å²) in [5.41, 5.74) is 1.02. The molecule has 0 amide bonds. The highest BCUT2D eigenvalue weighted by Gasteiger charge is 2.13. The fraction of sp³-hybridized carbons (Fsp3) is 0.357. The zero-order chi connectivity index (χ0) is 14.5. The third-order valence-electron chi connectivity index (χ3n) is 3.12. The summed E-state index contributed by atoms with van der Waals surface area (Å²) in [7, 11) is 1.54. The Morgan fingerprint density at radius 3 is 2.90 bits per heavy atom. The fourth-order valence-corrected chi connectivity index (χ4v) is 2.52. The van der Waals surface area contributed by atoms with E-state index in [2.05, 4.69) is 38.1 Å². The second kappa shape index (κ2) is 6.76. The van der Waals surface area contributed by atoms with Gasteiger partial charge in [0.1, 0.15) is 5.82 Å². The normalized spacial score (nSPS) is 12.3. The van der Waals surface area contributed by atoms with Gasteiger partial charge >= 0.3 is 0 Å². The van der Waals surface area contributed by atoms with Crippen LogP contribution in [0.5, 0.6) is 11.5 Å². The molecule has 20 heavy (non-hydrogen) atoms. The number of aromatic hydroxyl groups is 1. The minimum Gasteiger partial charge on any atom is -0.503 e. The monoisotopic (exact) mass is 339 g/mol. The highest BCUT2D eigenvalue weighted by atomic mass is 79.9. The Hall–Kier alpha value is -1.53. The Bertz CT molecular complexity index is 558. The van der Waals surface area contributed by atoms with Crippen molar-refractivity contribution >= 4 is 15.9 Å². The van der Waals surface area contributed by atoms with E-state index in [9.17, 15) is 5.11 Å². The molecule has 1 atom stereocenters. The number of imidazole rings is 1. The van der Waals surface area contributed by atoms with Crippen molar-refractivity contribution < 1.29 is 9.84 Å². The first kappa shape index (κ1) is 14.9. The molecule has 108 valence electrons. The average Bonchev–Trinajstić information content (AvgIpc) is 2.97. The van der Waals surface area contributed by atoms with Crippen molar-refractivity contribution in [2.75, 3.05) is 7.11 Å². The quantitative estimate of drug-likeness (QED) is 0.756. The van der Waals surface area contributed by atoms with E-state index in [0.29, 0.717) is 16.8 Å². The van der Waals surface area contributed by atoms with Crippen LogP contribution in [0.1, 0.15) is 30.8 Å². The molecular weight excluding hydrogens is 322 g/mol. The van der Waals surface area contributed by atoms with Gasteiger partial charge in [-0.05, 0) is 40.0 Å². The molecule has 0 radical (unpaired) electrons. The lowest BCUT2D eigenvalue weighted by atomic mass is 10.1. The minimum atomic E-state index is 0.120. The lowest BCUT2D eigenvalue weighted by Crippen LogP contribution is -2.21. The summed E-state index contributed by atoms with van der Waals surface area (Å²) >= 11 is 3.32. The molecule has 0 saturated heterocycles. The summed E-state index contributed by atoms with van der Waals surface area (Å²) < 4.78 is 5.77. The highest BCUT2D eigenvalue weighted by molar-refractivity contribution is 9.10. The SMILES string of the molecule is CCC(NCc1cc(Br)c(O)c(OC)c1)c1ncc[nH]1. The van der Waals surface area contributed by atoms with Crippen molar-refractivity contribution in [2.24, 2.45) is 0 Å². The number of phenolic OH excluding ortho intramolecular Hbond substituents is 1. The molecule has 0 aliphatic rings. The molecule has 5 nitrogen and oxygen atoms in total. The van der Waals surface area contributed by atoms with E-state index in [4.69, 9.17) is 4.74 Å². The van der Waals surface area contributed by atoms with Gasteiger partial charge in [-0.25, -0.2) is 4.98 Å². The van der Waals surface area contributed by atoms with E-state index in [1.165, 1.54) is 7.11 Å². The summed E-state index contributed by atoms with van der Waals surface area (Å²) in [5.74, 6) is 1.51. The van der Waals surface area contributed by atoms with Gasteiger partial charge in [0.05, 0.1) is 17.6 Å². The molecule has 0 aliphatic heterocycles. The molecular formula is C14H18BrN3O2. The Balaban J connectivity index is 2.08. The van der Waals surface area contributed by atoms with Gasteiger partial charge in [-0.1, -0.05) is 6.92 Å². The number of halogens is 1. The second-order valence-corrected chi connectivity index (χ2v) is 5.30. The molecule has 0 spiro atoms. The van der Waals surface area contributed by atoms with Crippen LogP contribution in [0.3, 0.4) is 0 Å². The number of rotatable bonds is 6. The van der Waals surface area contributed by atoms with E-state index >= 15 is 0 Å². The summed E-state index contributed by atoms with van der Waals surface area (Å²) in [4.78, 5) is 7.39. The highest BCUT2D eigenvalue weighted by Crippen LogP contribution is 2.35. The molecule has 0 saturated carbocycles. The number of nitrogens with zero attached hydrogens (tertiary/aromatic N) is 1. The molecule has 2 aromatic rings. The molecule has 0 bridgehead atoms. The number of benzene rings is 1. The lowest BCUT2D eigenvalue weighted by molar-refractivity contribution is 0.371. The zero-order valence-electron chi connectivity index (χ0n) is 11.5. The zero-order valence-corrected chi connectivity index (χ0v) is 13.1. The number of ether oxygens (including phenoxy) is 1. The number of H-pyrrole nitrogens is 1. The number of aromatic nitrogens is 2. The maximum Gasteiger partial charge on any atom is 0.172 e. The van der Waals surface area contributed by atoms with E-state index in [1.54, 1.807) is 6.20 Å². The number of phenols is 1. The predicted molar refractivity (Wildman–Crippen MR) is 80.8 cm³/mol. The van der Waals surface area contributed by atoms with Crippen molar-refractivity contribution in [1.29, 1.82) is 0 Å². The first-order chi connectivity index (χ1) is 9.65. The van der Waals surface area contributed by atoms with Gasteiger partial charge < -0.3 is 20.1 Å². The van der Waals surface area contributed by atoms with Gasteiger partial charge in [-0.3, -0.25) is 0 Å². The van der Waals surface area contributed by atoms with Crippen LogP contribution in [0.4, 0.5) is 0 Å². The van der Waals surface area contributed by atoms with Crippen molar-refractivity contribution in [3.8, 4) is 11.5 Å². The molecule has 1 heterocycles. The second-order valence-electron chi connectivity index (χ2n) is 4.44. The maximum atomic E-state index is 9.79. The largest absolute Gasteiger partial charge is 0.503 e. The van der Waals surface area contributed by atoms with Gasteiger partial charge in [-0.15, -0.1) is 0 Å². The molecule has 3 N–H and O–H groups in total. The average molecular weight is 340 g/mol. The number of methoxy groups -OCH3 is 1. The maximum absolute atomic E-state index is 9.79. The van der Waals surface area contributed by atoms with E-state index < -0.39 is 0 Å². The van der Waals surface area contributed by atoms with Crippen molar-refractivity contribution in [2.45, 2.75) is 25.9 Å². The Labute approximate surface area is 126 Å². The number of hydrogen-bond donors (Lipinski definition) is 3. The van der Waals surface area contributed by atoms with Gasteiger partial charge in [0.2, 0.25) is 0 Å². The smallest absolute Gasteiger partial charge is 0.172 e. The van der Waals surface area contributed by atoms with Crippen LogP contribution in [-0.2, 0) is 6.54 Å². The third-order valence-corrected chi connectivity index (χ3v) is 3.72. The molecule has 2 rings (SSSR count). The van der Waals surface area contributed by atoms with E-state index in [-0.39, 0.29) is 11.8 Å². The van der Waals surface area contributed by atoms with Gasteiger partial charge in [0, 0.05) is 18.9 Å². The van der Waals surface area contributed by atoms with Crippen LogP contribution in [0.25, 0.3) is 0 Å². The Morgan fingerprint density at radius 1 is 1.50 bits per heavy atom. The molecule has 0 fully saturated rings. The van der Waals surface area contributed by atoms with Crippen LogP contribution < -0.4 is 10.1 Å². The molecule has 1 unspecified atom stereocenters. The topological polar surface area (TPSA) is 70.2 Å². The van der Waals surface area contributed by atoms with E-state index in [0.717, 1.165) is 17.8 Å². The summed E-state index contributed by atoms with van der Waals surface area (Å²) in [6, 6.07) is 3.87. The van der Waals surface area contributed by atoms with Crippen LogP contribution in [-0.4, -0.2) is 22.2 Å². The van der Waals surface area contributed by atoms with Crippen molar-refractivity contribution in [3.05, 3.63) is 40.4 Å². The van der Waals surface area contributed by atoms with Crippen LogP contribution in [0.2, 0.25) is 0 Å². The van der Waals surface area contributed by atoms with E-state index in [1.807, 2.05) is 18.3 Å². The molecule has 6 heteroatoms. The van der Waals surface area contributed by atoms with Crippen LogP contribution in [0.15, 0.2) is 29.0 Å². The minimum absolute atomic E-state index is 0.120. The first-order valence-electron chi connectivity index (χ1n) is 6.43. The number of nitrogens with one attached hydrogen (secondary N) is 2. The van der Waals surface area contributed by atoms with Crippen molar-refractivity contribution in [3.63, 3.8) is 0 Å². The van der Waals surface area contributed by atoms with Gasteiger partial charge in [0.15, 0.2) is 11.5 Å². The van der Waals surface area contributed by atoms with Crippen LogP contribution in [0, 0.1) is 0 Å². The fourth-order valence-electron chi connectivity index (χ4n) is 2.03.